The average molecular weight is 306 g/mol. The molecule has 6 nitrogen and oxygen atoms in total. The largest absolute Gasteiger partial charge is 0.383 e. The van der Waals surface area contributed by atoms with Gasteiger partial charge in [0.15, 0.2) is 0 Å². The lowest BCUT2D eigenvalue weighted by atomic mass is 9.78. The van der Waals surface area contributed by atoms with Crippen LogP contribution in [0.2, 0.25) is 0 Å². The van der Waals surface area contributed by atoms with E-state index in [1.807, 2.05) is 24.7 Å². The maximum absolute atomic E-state index is 11.9. The van der Waals surface area contributed by atoms with Gasteiger partial charge in [-0.05, 0) is 38.0 Å². The first-order chi connectivity index (χ1) is 10.5. The van der Waals surface area contributed by atoms with Crippen molar-refractivity contribution in [2.75, 3.05) is 0 Å². The maximum Gasteiger partial charge on any atom is 0.222 e. The molecule has 0 saturated heterocycles. The van der Waals surface area contributed by atoms with E-state index in [4.69, 9.17) is 0 Å². The molecule has 0 unspecified atom stereocenters. The number of nitrogens with zero attached hydrogens (tertiary/aromatic N) is 3. The number of aliphatic hydroxyl groups is 1. The van der Waals surface area contributed by atoms with Crippen molar-refractivity contribution in [2.24, 2.45) is 11.8 Å². The molecular formula is C16H26N4O2. The number of carbonyl (C=O) groups excluding carboxylic acids is 1. The summed E-state index contributed by atoms with van der Waals surface area (Å²) < 4.78 is 1.83. The van der Waals surface area contributed by atoms with Crippen molar-refractivity contribution >= 4 is 5.91 Å². The predicted octanol–water partition coefficient (Wildman–Crippen LogP) is 1.59. The molecule has 2 N–H and O–H groups in total. The van der Waals surface area contributed by atoms with E-state index < -0.39 is 5.60 Å². The Morgan fingerprint density at radius 3 is 2.86 bits per heavy atom. The zero-order chi connectivity index (χ0) is 15.7. The van der Waals surface area contributed by atoms with Gasteiger partial charge in [0.05, 0.1) is 6.20 Å². The molecule has 3 rings (SSSR count). The minimum Gasteiger partial charge on any atom is -0.383 e. The van der Waals surface area contributed by atoms with Crippen molar-refractivity contribution in [3.8, 4) is 0 Å². The van der Waals surface area contributed by atoms with Gasteiger partial charge in [0.2, 0.25) is 5.91 Å². The van der Waals surface area contributed by atoms with Crippen molar-refractivity contribution in [3.63, 3.8) is 0 Å². The van der Waals surface area contributed by atoms with Crippen LogP contribution in [0.4, 0.5) is 0 Å². The third kappa shape index (κ3) is 3.02. The number of amides is 1. The smallest absolute Gasteiger partial charge is 0.222 e. The second-order valence-electron chi connectivity index (χ2n) is 7.17. The molecule has 1 amide bonds. The number of carbonyl (C=O) groups is 1. The highest BCUT2D eigenvalue weighted by atomic mass is 16.3. The summed E-state index contributed by atoms with van der Waals surface area (Å²) in [5, 5.41) is 21.8. The second kappa shape index (κ2) is 5.99. The number of aromatic nitrogens is 3. The van der Waals surface area contributed by atoms with Gasteiger partial charge in [-0.15, -0.1) is 5.10 Å². The highest BCUT2D eigenvalue weighted by molar-refractivity contribution is 5.78. The minimum atomic E-state index is -0.751. The molecule has 0 aromatic carbocycles. The normalized spacial score (nSPS) is 26.9. The summed E-state index contributed by atoms with van der Waals surface area (Å²) in [6.45, 7) is 4.59. The van der Waals surface area contributed by atoms with Crippen LogP contribution in [0.25, 0.3) is 0 Å². The van der Waals surface area contributed by atoms with Gasteiger partial charge in [-0.2, -0.15) is 0 Å². The highest BCUT2D eigenvalue weighted by Crippen LogP contribution is 2.39. The molecule has 2 aliphatic rings. The first-order valence-electron chi connectivity index (χ1n) is 8.41. The van der Waals surface area contributed by atoms with Crippen molar-refractivity contribution < 1.29 is 9.90 Å². The molecule has 2 saturated carbocycles. The maximum atomic E-state index is 11.9. The van der Waals surface area contributed by atoms with E-state index >= 15 is 0 Å². The third-order valence-corrected chi connectivity index (χ3v) is 5.13. The van der Waals surface area contributed by atoms with Gasteiger partial charge in [-0.1, -0.05) is 25.5 Å². The summed E-state index contributed by atoms with van der Waals surface area (Å²) in [5.41, 5.74) is -0.0568. The monoisotopic (exact) mass is 306 g/mol. The van der Waals surface area contributed by atoms with Gasteiger partial charge in [0.1, 0.15) is 11.3 Å². The SMILES string of the molecule is CC(C)C(=O)N[C@@H]1CCC[C@@H]1Cn1cc(C2(O)CCC2)nn1. The fourth-order valence-electron chi connectivity index (χ4n) is 3.40. The Kier molecular flexibility index (Phi) is 4.21. The van der Waals surface area contributed by atoms with Gasteiger partial charge < -0.3 is 10.4 Å². The van der Waals surface area contributed by atoms with Crippen LogP contribution < -0.4 is 5.32 Å². The molecule has 22 heavy (non-hydrogen) atoms. The van der Waals surface area contributed by atoms with Gasteiger partial charge in [-0.25, -0.2) is 0 Å². The van der Waals surface area contributed by atoms with Gasteiger partial charge in [0, 0.05) is 18.5 Å². The van der Waals surface area contributed by atoms with Crippen molar-refractivity contribution in [1.82, 2.24) is 20.3 Å². The lowest BCUT2D eigenvalue weighted by Gasteiger charge is -2.34. The van der Waals surface area contributed by atoms with E-state index in [0.29, 0.717) is 11.6 Å². The summed E-state index contributed by atoms with van der Waals surface area (Å²) in [6.07, 6.45) is 7.76. The Labute approximate surface area is 131 Å². The molecule has 0 aliphatic heterocycles. The second-order valence-corrected chi connectivity index (χ2v) is 7.17. The fourth-order valence-corrected chi connectivity index (χ4v) is 3.40. The number of hydrogen-bond donors (Lipinski definition) is 2. The van der Waals surface area contributed by atoms with Crippen LogP contribution in [-0.4, -0.2) is 32.0 Å². The first kappa shape index (κ1) is 15.5. The molecule has 1 aromatic heterocycles. The summed E-state index contributed by atoms with van der Waals surface area (Å²) in [5.74, 6) is 0.542. The average Bonchev–Trinajstić information content (AvgIpc) is 3.07. The van der Waals surface area contributed by atoms with Crippen molar-refractivity contribution in [3.05, 3.63) is 11.9 Å². The van der Waals surface area contributed by atoms with E-state index in [1.165, 1.54) is 0 Å². The zero-order valence-corrected chi connectivity index (χ0v) is 13.5. The molecule has 0 radical (unpaired) electrons. The summed E-state index contributed by atoms with van der Waals surface area (Å²) in [7, 11) is 0. The Balaban J connectivity index is 1.61. The Morgan fingerprint density at radius 2 is 2.23 bits per heavy atom. The standard InChI is InChI=1S/C16H26N4O2/c1-11(2)15(21)17-13-6-3-5-12(13)9-20-10-14(18-19-20)16(22)7-4-8-16/h10-13,22H,3-9H2,1-2H3,(H,17,21)/t12-,13-/m1/s1. The lowest BCUT2D eigenvalue weighted by molar-refractivity contribution is -0.125. The van der Waals surface area contributed by atoms with E-state index in [0.717, 1.165) is 45.1 Å². The van der Waals surface area contributed by atoms with Crippen LogP contribution in [0.15, 0.2) is 6.20 Å². The minimum absolute atomic E-state index is 0.0205. The molecule has 2 atom stereocenters. The molecular weight excluding hydrogens is 280 g/mol. The molecule has 1 aromatic rings. The lowest BCUT2D eigenvalue weighted by Crippen LogP contribution is -2.40. The molecule has 0 bridgehead atoms. The number of hydrogen-bond acceptors (Lipinski definition) is 4. The van der Waals surface area contributed by atoms with Crippen LogP contribution >= 0.6 is 0 Å². The molecule has 2 fully saturated rings. The fraction of sp³-hybridized carbons (Fsp3) is 0.812. The van der Waals surface area contributed by atoms with E-state index in [-0.39, 0.29) is 17.9 Å². The predicted molar refractivity (Wildman–Crippen MR) is 81.9 cm³/mol. The van der Waals surface area contributed by atoms with Crippen LogP contribution in [0.1, 0.15) is 58.1 Å². The third-order valence-electron chi connectivity index (χ3n) is 5.13. The molecule has 6 heteroatoms. The first-order valence-corrected chi connectivity index (χ1v) is 8.41. The summed E-state index contributed by atoms with van der Waals surface area (Å²) in [4.78, 5) is 11.9. The summed E-state index contributed by atoms with van der Waals surface area (Å²) in [6, 6.07) is 0.231. The summed E-state index contributed by atoms with van der Waals surface area (Å²) >= 11 is 0. The van der Waals surface area contributed by atoms with Gasteiger partial charge in [-0.3, -0.25) is 9.48 Å². The topological polar surface area (TPSA) is 80.0 Å². The van der Waals surface area contributed by atoms with E-state index in [2.05, 4.69) is 15.6 Å². The quantitative estimate of drug-likeness (QED) is 0.866. The highest BCUT2D eigenvalue weighted by Gasteiger charge is 2.39. The van der Waals surface area contributed by atoms with Gasteiger partial charge in [0.25, 0.3) is 0 Å². The van der Waals surface area contributed by atoms with E-state index in [1.54, 1.807) is 0 Å². The molecule has 2 aliphatic carbocycles. The Hall–Kier alpha value is -1.43. The number of nitrogens with one attached hydrogen (secondary N) is 1. The molecule has 1 heterocycles. The van der Waals surface area contributed by atoms with Crippen molar-refractivity contribution in [1.29, 1.82) is 0 Å². The Bertz CT molecular complexity index is 536. The van der Waals surface area contributed by atoms with Crippen LogP contribution in [0.5, 0.6) is 0 Å². The molecule has 0 spiro atoms. The molecule has 122 valence electrons. The van der Waals surface area contributed by atoms with Crippen LogP contribution in [0, 0.1) is 11.8 Å². The Morgan fingerprint density at radius 1 is 1.45 bits per heavy atom. The van der Waals surface area contributed by atoms with Crippen molar-refractivity contribution in [2.45, 2.75) is 70.6 Å². The number of rotatable bonds is 5. The van der Waals surface area contributed by atoms with Crippen LogP contribution in [-0.2, 0) is 16.9 Å². The zero-order valence-electron chi connectivity index (χ0n) is 13.5. The van der Waals surface area contributed by atoms with Crippen LogP contribution in [0.3, 0.4) is 0 Å². The van der Waals surface area contributed by atoms with Gasteiger partial charge >= 0.3 is 0 Å². The van der Waals surface area contributed by atoms with E-state index in [9.17, 15) is 9.90 Å².